The lowest BCUT2D eigenvalue weighted by atomic mass is 9.91. The number of nitrogens with two attached hydrogens (primary N) is 1. The molecule has 0 aliphatic carbocycles. The van der Waals surface area contributed by atoms with E-state index in [1.165, 1.54) is 22.9 Å². The predicted octanol–water partition coefficient (Wildman–Crippen LogP) is 5.38. The first kappa shape index (κ1) is 23.2. The topological polar surface area (TPSA) is 70.9 Å². The zero-order chi connectivity index (χ0) is 24.9. The number of hydrogen-bond acceptors (Lipinski definition) is 4. The predicted molar refractivity (Wildman–Crippen MR) is 138 cm³/mol. The minimum absolute atomic E-state index is 0.0388. The largest absolute Gasteiger partial charge is 0.345 e. The molecule has 0 radical (unpaired) electrons. The van der Waals surface area contributed by atoms with Gasteiger partial charge in [0.05, 0.1) is 23.0 Å². The molecule has 1 aliphatic heterocycles. The van der Waals surface area contributed by atoms with Gasteiger partial charge in [0, 0.05) is 54.9 Å². The summed E-state index contributed by atoms with van der Waals surface area (Å²) in [5.41, 5.74) is 15.3. The van der Waals surface area contributed by atoms with Crippen molar-refractivity contribution in [3.63, 3.8) is 0 Å². The van der Waals surface area contributed by atoms with E-state index < -0.39 is 5.82 Å². The van der Waals surface area contributed by atoms with Crippen LogP contribution in [0.15, 0.2) is 42.6 Å². The number of hydrogen-bond donors (Lipinski definition) is 1. The van der Waals surface area contributed by atoms with E-state index in [9.17, 15) is 9.65 Å². The maximum atomic E-state index is 14.8. The summed E-state index contributed by atoms with van der Waals surface area (Å²) in [6.07, 6.45) is 2.93. The van der Waals surface area contributed by atoms with Gasteiger partial charge in [0.25, 0.3) is 0 Å². The van der Waals surface area contributed by atoms with Gasteiger partial charge in [-0.3, -0.25) is 9.88 Å². The van der Waals surface area contributed by atoms with Gasteiger partial charge in [-0.1, -0.05) is 12.1 Å². The first-order valence-electron chi connectivity index (χ1n) is 12.0. The third-order valence-corrected chi connectivity index (χ3v) is 7.37. The van der Waals surface area contributed by atoms with Crippen molar-refractivity contribution in [1.82, 2.24) is 14.5 Å². The number of likely N-dealkylation sites (tertiary alicyclic amines) is 1. The van der Waals surface area contributed by atoms with Crippen molar-refractivity contribution < 1.29 is 4.39 Å². The van der Waals surface area contributed by atoms with Crippen molar-refractivity contribution in [1.29, 1.82) is 5.26 Å². The Kier molecular flexibility index (Phi) is 5.92. The standard InChI is InChI=1S/C29H30FN5/c1-17-9-19(3)24(10-18(17)2)29-28(20-5-6-21(13-31)26(30)11-20)25-12-23(34(4)27(25)14-33-29)16-35-8-7-22(32)15-35/h5-6,9-12,14,22H,7-8,15-16,32H2,1-4H3/t22-/m0/s1. The van der Waals surface area contributed by atoms with E-state index in [2.05, 4.69) is 55.5 Å². The van der Waals surface area contributed by atoms with Crippen molar-refractivity contribution in [2.45, 2.75) is 39.8 Å². The van der Waals surface area contributed by atoms with E-state index >= 15 is 0 Å². The molecule has 1 aliphatic rings. The van der Waals surface area contributed by atoms with Crippen LogP contribution >= 0.6 is 0 Å². The van der Waals surface area contributed by atoms with Crippen LogP contribution in [0.1, 0.15) is 34.4 Å². The van der Waals surface area contributed by atoms with Gasteiger partial charge >= 0.3 is 0 Å². The van der Waals surface area contributed by atoms with Crippen molar-refractivity contribution in [3.05, 3.63) is 76.4 Å². The molecular weight excluding hydrogens is 437 g/mol. The molecule has 0 amide bonds. The number of nitrogens with zero attached hydrogens (tertiary/aromatic N) is 4. The molecule has 0 saturated carbocycles. The molecule has 1 fully saturated rings. The van der Waals surface area contributed by atoms with Gasteiger partial charge in [-0.05, 0) is 73.7 Å². The highest BCUT2D eigenvalue weighted by atomic mass is 19.1. The Morgan fingerprint density at radius 2 is 1.89 bits per heavy atom. The van der Waals surface area contributed by atoms with Crippen LogP contribution in [-0.2, 0) is 13.6 Å². The highest BCUT2D eigenvalue weighted by Gasteiger charge is 2.23. The molecule has 0 bridgehead atoms. The number of fused-ring (bicyclic) bond motifs is 1. The Bertz CT molecular complexity index is 1490. The van der Waals surface area contributed by atoms with E-state index in [1.54, 1.807) is 6.07 Å². The average molecular weight is 468 g/mol. The summed E-state index contributed by atoms with van der Waals surface area (Å²) in [7, 11) is 2.05. The number of aromatic nitrogens is 2. The van der Waals surface area contributed by atoms with Gasteiger partial charge < -0.3 is 10.3 Å². The Labute approximate surface area is 205 Å². The number of halogens is 1. The van der Waals surface area contributed by atoms with E-state index in [0.29, 0.717) is 5.56 Å². The smallest absolute Gasteiger partial charge is 0.141 e. The van der Waals surface area contributed by atoms with Crippen LogP contribution in [0.2, 0.25) is 0 Å². The lowest BCUT2D eigenvalue weighted by Gasteiger charge is -2.16. The summed E-state index contributed by atoms with van der Waals surface area (Å²) in [5, 5.41) is 10.3. The summed E-state index contributed by atoms with van der Waals surface area (Å²) in [5.74, 6) is -0.521. The van der Waals surface area contributed by atoms with Crippen molar-refractivity contribution >= 4 is 10.9 Å². The van der Waals surface area contributed by atoms with Gasteiger partial charge in [0.1, 0.15) is 11.9 Å². The molecular formula is C29H30FN5. The second-order valence-electron chi connectivity index (χ2n) is 9.82. The zero-order valence-corrected chi connectivity index (χ0v) is 20.7. The third-order valence-electron chi connectivity index (χ3n) is 7.37. The summed E-state index contributed by atoms with van der Waals surface area (Å²) >= 11 is 0. The molecule has 3 heterocycles. The molecule has 5 rings (SSSR count). The van der Waals surface area contributed by atoms with Crippen LogP contribution in [-0.4, -0.2) is 33.6 Å². The molecule has 5 nitrogen and oxygen atoms in total. The average Bonchev–Trinajstić information content (AvgIpc) is 3.38. The molecule has 6 heteroatoms. The number of benzene rings is 2. The minimum atomic E-state index is -0.521. The number of rotatable bonds is 4. The van der Waals surface area contributed by atoms with E-state index in [4.69, 9.17) is 10.7 Å². The lowest BCUT2D eigenvalue weighted by Crippen LogP contribution is -2.26. The Hall–Kier alpha value is -3.53. The second kappa shape index (κ2) is 8.92. The molecule has 178 valence electrons. The van der Waals surface area contributed by atoms with E-state index in [1.807, 2.05) is 18.3 Å². The van der Waals surface area contributed by atoms with Gasteiger partial charge in [-0.25, -0.2) is 4.39 Å². The van der Waals surface area contributed by atoms with Crippen LogP contribution in [0, 0.1) is 37.9 Å². The molecule has 4 aromatic rings. The normalized spacial score (nSPS) is 16.2. The molecule has 2 aromatic carbocycles. The zero-order valence-electron chi connectivity index (χ0n) is 20.7. The fraction of sp³-hybridized carbons (Fsp3) is 0.310. The first-order valence-corrected chi connectivity index (χ1v) is 12.0. The first-order chi connectivity index (χ1) is 16.8. The van der Waals surface area contributed by atoms with Crippen LogP contribution in [0.3, 0.4) is 0 Å². The van der Waals surface area contributed by atoms with Crippen LogP contribution < -0.4 is 5.73 Å². The monoisotopic (exact) mass is 467 g/mol. The minimum Gasteiger partial charge on any atom is -0.345 e. The fourth-order valence-corrected chi connectivity index (χ4v) is 5.21. The summed E-state index contributed by atoms with van der Waals surface area (Å²) < 4.78 is 17.0. The highest BCUT2D eigenvalue weighted by molar-refractivity contribution is 6.02. The maximum Gasteiger partial charge on any atom is 0.141 e. The molecule has 1 atom stereocenters. The molecule has 0 unspecified atom stereocenters. The van der Waals surface area contributed by atoms with E-state index in [0.717, 1.165) is 59.3 Å². The molecule has 1 saturated heterocycles. The number of pyridine rings is 1. The SMILES string of the molecule is Cc1cc(C)c(-c2ncc3c(cc(CN4CC[C@H](N)C4)n3C)c2-c2ccc(C#N)c(F)c2)cc1C. The Morgan fingerprint density at radius 1 is 1.11 bits per heavy atom. The Morgan fingerprint density at radius 3 is 2.57 bits per heavy atom. The van der Waals surface area contributed by atoms with Crippen molar-refractivity contribution in [2.24, 2.45) is 12.8 Å². The van der Waals surface area contributed by atoms with Gasteiger partial charge in [-0.2, -0.15) is 5.26 Å². The molecule has 2 N–H and O–H groups in total. The lowest BCUT2D eigenvalue weighted by molar-refractivity contribution is 0.319. The summed E-state index contributed by atoms with van der Waals surface area (Å²) in [6.45, 7) is 8.97. The van der Waals surface area contributed by atoms with Crippen LogP contribution in [0.4, 0.5) is 4.39 Å². The van der Waals surface area contributed by atoms with Crippen LogP contribution in [0.5, 0.6) is 0 Å². The number of nitriles is 1. The molecule has 2 aromatic heterocycles. The fourth-order valence-electron chi connectivity index (χ4n) is 5.21. The van der Waals surface area contributed by atoms with Crippen LogP contribution in [0.25, 0.3) is 33.3 Å². The van der Waals surface area contributed by atoms with E-state index in [-0.39, 0.29) is 11.6 Å². The Balaban J connectivity index is 1.76. The quantitative estimate of drug-likeness (QED) is 0.438. The maximum absolute atomic E-state index is 14.8. The third kappa shape index (κ3) is 4.12. The second-order valence-corrected chi connectivity index (χ2v) is 9.82. The van der Waals surface area contributed by atoms with Gasteiger partial charge in [-0.15, -0.1) is 0 Å². The van der Waals surface area contributed by atoms with Gasteiger partial charge in [0.2, 0.25) is 0 Å². The highest BCUT2D eigenvalue weighted by Crippen LogP contribution is 2.40. The van der Waals surface area contributed by atoms with Crippen molar-refractivity contribution in [3.8, 4) is 28.5 Å². The molecule has 35 heavy (non-hydrogen) atoms. The summed E-state index contributed by atoms with van der Waals surface area (Å²) in [6, 6.07) is 13.5. The summed E-state index contributed by atoms with van der Waals surface area (Å²) in [4.78, 5) is 7.31. The van der Waals surface area contributed by atoms with Gasteiger partial charge in [0.15, 0.2) is 0 Å². The molecule has 0 spiro atoms. The number of aryl methyl sites for hydroxylation is 4. The van der Waals surface area contributed by atoms with Crippen molar-refractivity contribution in [2.75, 3.05) is 13.1 Å².